The molecule has 9 nitrogen and oxygen atoms in total. The number of aryl methyl sites for hydroxylation is 1. The van der Waals surface area contributed by atoms with Crippen LogP contribution in [0.1, 0.15) is 12.7 Å². The van der Waals surface area contributed by atoms with Crippen molar-refractivity contribution in [3.8, 4) is 11.8 Å². The fraction of sp³-hybridized carbons (Fsp3) is 0.188. The normalized spacial score (nSPS) is 10.6. The number of ether oxygens (including phenoxy) is 1. The van der Waals surface area contributed by atoms with Crippen LogP contribution in [0.2, 0.25) is 0 Å². The van der Waals surface area contributed by atoms with Crippen molar-refractivity contribution in [2.45, 2.75) is 20.4 Å². The molecule has 0 unspecified atom stereocenters. The zero-order valence-electron chi connectivity index (χ0n) is 14.0. The lowest BCUT2D eigenvalue weighted by molar-refractivity contribution is -0.388. The lowest BCUT2D eigenvalue weighted by Crippen LogP contribution is -2.04. The van der Waals surface area contributed by atoms with E-state index < -0.39 is 4.92 Å². The predicted molar refractivity (Wildman–Crippen MR) is 98.8 cm³/mol. The molecule has 3 rings (SSSR count). The molecule has 2 heterocycles. The van der Waals surface area contributed by atoms with Gasteiger partial charge in [0.15, 0.2) is 0 Å². The van der Waals surface area contributed by atoms with E-state index in [0.717, 1.165) is 4.47 Å². The van der Waals surface area contributed by atoms with Crippen LogP contribution in [0.25, 0.3) is 0 Å². The van der Waals surface area contributed by atoms with Crippen molar-refractivity contribution >= 4 is 33.3 Å². The van der Waals surface area contributed by atoms with Crippen LogP contribution in [0.3, 0.4) is 0 Å². The Hall–Kier alpha value is -3.01. The first-order valence-corrected chi connectivity index (χ1v) is 8.51. The molecule has 0 amide bonds. The van der Waals surface area contributed by atoms with Gasteiger partial charge in [0.25, 0.3) is 0 Å². The summed E-state index contributed by atoms with van der Waals surface area (Å²) in [4.78, 5) is 22.9. The summed E-state index contributed by atoms with van der Waals surface area (Å²) < 4.78 is 8.10. The quantitative estimate of drug-likeness (QED) is 0.471. The van der Waals surface area contributed by atoms with Gasteiger partial charge in [-0.25, -0.2) is 9.97 Å². The van der Waals surface area contributed by atoms with Gasteiger partial charge >= 0.3 is 11.8 Å². The van der Waals surface area contributed by atoms with E-state index in [1.54, 1.807) is 48.1 Å². The molecule has 0 atom stereocenters. The molecule has 2 aromatic heterocycles. The second-order valence-electron chi connectivity index (χ2n) is 5.27. The average molecular weight is 419 g/mol. The maximum absolute atomic E-state index is 11.3. The van der Waals surface area contributed by atoms with Crippen LogP contribution in [0.15, 0.2) is 41.1 Å². The molecule has 10 heteroatoms. The molecule has 0 aliphatic rings. The molecule has 134 valence electrons. The van der Waals surface area contributed by atoms with Crippen molar-refractivity contribution in [3.63, 3.8) is 0 Å². The summed E-state index contributed by atoms with van der Waals surface area (Å²) in [6.07, 6.45) is 3.16. The number of nitro groups is 1. The topological polar surface area (TPSA) is 108 Å². The summed E-state index contributed by atoms with van der Waals surface area (Å²) in [7, 11) is 0. The number of halogens is 1. The van der Waals surface area contributed by atoms with E-state index >= 15 is 0 Å². The van der Waals surface area contributed by atoms with E-state index in [1.165, 1.54) is 0 Å². The highest BCUT2D eigenvalue weighted by molar-refractivity contribution is 9.10. The van der Waals surface area contributed by atoms with Gasteiger partial charge in [-0.05, 0) is 44.9 Å². The number of anilines is 2. The molecule has 0 bridgehead atoms. The number of benzene rings is 1. The summed E-state index contributed by atoms with van der Waals surface area (Å²) in [5, 5.41) is 14.3. The average Bonchev–Trinajstić information content (AvgIpc) is 2.93. The van der Waals surface area contributed by atoms with Crippen LogP contribution >= 0.6 is 15.9 Å². The first-order valence-electron chi connectivity index (χ1n) is 7.72. The van der Waals surface area contributed by atoms with Gasteiger partial charge in [0.1, 0.15) is 5.75 Å². The third kappa shape index (κ3) is 3.80. The molecule has 0 aliphatic carbocycles. The number of imidazole rings is 1. The van der Waals surface area contributed by atoms with Crippen molar-refractivity contribution in [2.24, 2.45) is 0 Å². The number of aromatic nitrogens is 4. The monoisotopic (exact) mass is 418 g/mol. The van der Waals surface area contributed by atoms with E-state index in [1.807, 2.05) is 6.92 Å². The maximum Gasteiger partial charge on any atom is 0.407 e. The Balaban J connectivity index is 1.87. The minimum Gasteiger partial charge on any atom is -0.424 e. The second kappa shape index (κ2) is 7.48. The maximum atomic E-state index is 11.3. The molecule has 0 saturated carbocycles. The Morgan fingerprint density at radius 2 is 2.08 bits per heavy atom. The highest BCUT2D eigenvalue weighted by Crippen LogP contribution is 2.30. The van der Waals surface area contributed by atoms with Gasteiger partial charge in [-0.3, -0.25) is 4.57 Å². The largest absolute Gasteiger partial charge is 0.424 e. The Bertz CT molecular complexity index is 942. The zero-order valence-corrected chi connectivity index (χ0v) is 15.6. The fourth-order valence-electron chi connectivity index (χ4n) is 2.42. The van der Waals surface area contributed by atoms with Gasteiger partial charge in [-0.15, -0.1) is 0 Å². The van der Waals surface area contributed by atoms with E-state index in [4.69, 9.17) is 4.74 Å². The Labute approximate surface area is 157 Å². The Kier molecular flexibility index (Phi) is 5.12. The molecule has 0 spiro atoms. The van der Waals surface area contributed by atoms with Crippen molar-refractivity contribution in [1.29, 1.82) is 0 Å². The molecule has 0 radical (unpaired) electrons. The predicted octanol–water partition coefficient (Wildman–Crippen LogP) is 4.21. The minimum atomic E-state index is -0.502. The lowest BCUT2D eigenvalue weighted by atomic mass is 10.3. The molecule has 0 saturated heterocycles. The molecule has 0 fully saturated rings. The third-order valence-electron chi connectivity index (χ3n) is 3.53. The number of nitrogens with zero attached hydrogens (tertiary/aromatic N) is 5. The van der Waals surface area contributed by atoms with Crippen molar-refractivity contribution in [3.05, 3.63) is 57.1 Å². The minimum absolute atomic E-state index is 0.200. The first-order chi connectivity index (χ1) is 12.5. The van der Waals surface area contributed by atoms with Gasteiger partial charge in [0.2, 0.25) is 11.6 Å². The summed E-state index contributed by atoms with van der Waals surface area (Å²) in [6, 6.07) is 7.19. The van der Waals surface area contributed by atoms with Crippen LogP contribution < -0.4 is 10.1 Å². The second-order valence-corrected chi connectivity index (χ2v) is 6.19. The van der Waals surface area contributed by atoms with Crippen molar-refractivity contribution in [1.82, 2.24) is 19.5 Å². The van der Waals surface area contributed by atoms with Crippen LogP contribution in [0.5, 0.6) is 11.8 Å². The molecular weight excluding hydrogens is 404 g/mol. The van der Waals surface area contributed by atoms with Crippen LogP contribution in [-0.2, 0) is 6.54 Å². The van der Waals surface area contributed by atoms with Crippen molar-refractivity contribution in [2.75, 3.05) is 5.32 Å². The van der Waals surface area contributed by atoms with Crippen LogP contribution in [0.4, 0.5) is 17.3 Å². The van der Waals surface area contributed by atoms with Gasteiger partial charge in [-0.2, -0.15) is 0 Å². The third-order valence-corrected chi connectivity index (χ3v) is 3.94. The fourth-order valence-corrected chi connectivity index (χ4v) is 2.62. The SMILES string of the molecule is CCn1c(C)nc([N+](=O)[O-])c1Nc1cccc(Oc2ncc(Br)cn2)c1. The highest BCUT2D eigenvalue weighted by Gasteiger charge is 2.24. The van der Waals surface area contributed by atoms with Crippen LogP contribution in [0, 0.1) is 17.0 Å². The van der Waals surface area contributed by atoms with Crippen molar-refractivity contribution < 1.29 is 9.66 Å². The van der Waals surface area contributed by atoms with E-state index in [0.29, 0.717) is 29.6 Å². The summed E-state index contributed by atoms with van der Waals surface area (Å²) in [5.41, 5.74) is 0.623. The van der Waals surface area contributed by atoms with Crippen LogP contribution in [-0.4, -0.2) is 24.4 Å². The lowest BCUT2D eigenvalue weighted by Gasteiger charge is -2.10. The molecule has 3 aromatic rings. The number of hydrogen-bond acceptors (Lipinski definition) is 7. The van der Waals surface area contributed by atoms with E-state index in [-0.39, 0.29) is 11.8 Å². The standard InChI is InChI=1S/C16H15BrN6O3/c1-3-22-10(2)20-15(23(24)25)14(22)21-12-5-4-6-13(7-12)26-16-18-8-11(17)9-19-16/h4-9,21H,3H2,1-2H3. The Morgan fingerprint density at radius 3 is 2.73 bits per heavy atom. The van der Waals surface area contributed by atoms with E-state index in [2.05, 4.69) is 36.2 Å². The summed E-state index contributed by atoms with van der Waals surface area (Å²) in [5.74, 6) is 1.18. The van der Waals surface area contributed by atoms with Gasteiger partial charge in [0.05, 0.1) is 4.47 Å². The molecule has 0 aliphatic heterocycles. The number of rotatable bonds is 6. The van der Waals surface area contributed by atoms with E-state index in [9.17, 15) is 10.1 Å². The van der Waals surface area contributed by atoms with Gasteiger partial charge in [0, 0.05) is 37.6 Å². The summed E-state index contributed by atoms with van der Waals surface area (Å²) in [6.45, 7) is 4.18. The Morgan fingerprint density at radius 1 is 1.35 bits per heavy atom. The number of nitrogens with one attached hydrogen (secondary N) is 1. The van der Waals surface area contributed by atoms with Gasteiger partial charge in [-0.1, -0.05) is 6.07 Å². The molecular formula is C16H15BrN6O3. The highest BCUT2D eigenvalue weighted by atomic mass is 79.9. The first kappa shape index (κ1) is 17.8. The smallest absolute Gasteiger partial charge is 0.407 e. The molecule has 26 heavy (non-hydrogen) atoms. The summed E-state index contributed by atoms with van der Waals surface area (Å²) >= 11 is 3.26. The molecule has 1 aromatic carbocycles. The number of hydrogen-bond donors (Lipinski definition) is 1. The van der Waals surface area contributed by atoms with Gasteiger partial charge < -0.3 is 20.2 Å². The molecule has 1 N–H and O–H groups in total. The zero-order chi connectivity index (χ0) is 18.7.